The maximum absolute atomic E-state index is 6.55. The van der Waals surface area contributed by atoms with E-state index in [1.54, 1.807) is 0 Å². The SMILES string of the molecule is Cc1cc([C@@H]2[C@H](c3ccccn3)NC(=S)N2CCN(C)C)c(C)n1-c1ccccc1Cl. The van der Waals surface area contributed by atoms with E-state index in [2.05, 4.69) is 70.8 Å². The van der Waals surface area contributed by atoms with Gasteiger partial charge in [0.15, 0.2) is 5.11 Å². The Morgan fingerprint density at radius 3 is 2.55 bits per heavy atom. The van der Waals surface area contributed by atoms with Crippen LogP contribution >= 0.6 is 23.8 Å². The molecule has 5 nitrogen and oxygen atoms in total. The van der Waals surface area contributed by atoms with Crippen LogP contribution in [0.4, 0.5) is 0 Å². The lowest BCUT2D eigenvalue weighted by molar-refractivity contribution is 0.277. The fraction of sp³-hybridized carbons (Fsp3) is 0.333. The van der Waals surface area contributed by atoms with Crippen LogP contribution in [0.1, 0.15) is 34.7 Å². The molecule has 0 saturated carbocycles. The molecule has 1 fully saturated rings. The number of halogens is 1. The molecular formula is C24H28ClN5S. The number of nitrogens with zero attached hydrogens (tertiary/aromatic N) is 4. The Balaban J connectivity index is 1.82. The van der Waals surface area contributed by atoms with Gasteiger partial charge in [0.2, 0.25) is 0 Å². The molecule has 162 valence electrons. The summed E-state index contributed by atoms with van der Waals surface area (Å²) in [5.41, 5.74) is 5.53. The summed E-state index contributed by atoms with van der Waals surface area (Å²) in [7, 11) is 4.17. The molecule has 3 aromatic rings. The molecule has 3 heterocycles. The first-order valence-corrected chi connectivity index (χ1v) is 11.2. The molecule has 31 heavy (non-hydrogen) atoms. The van der Waals surface area contributed by atoms with E-state index in [0.717, 1.165) is 46.0 Å². The van der Waals surface area contributed by atoms with Crippen molar-refractivity contribution >= 4 is 28.9 Å². The van der Waals surface area contributed by atoms with Crippen LogP contribution in [-0.2, 0) is 0 Å². The molecule has 1 N–H and O–H groups in total. The number of para-hydroxylation sites is 1. The molecule has 0 radical (unpaired) electrons. The molecule has 1 saturated heterocycles. The maximum atomic E-state index is 6.55. The Bertz CT molecular complexity index is 1080. The zero-order valence-electron chi connectivity index (χ0n) is 18.3. The van der Waals surface area contributed by atoms with Gasteiger partial charge in [0.25, 0.3) is 0 Å². The fourth-order valence-electron chi connectivity index (χ4n) is 4.38. The summed E-state index contributed by atoms with van der Waals surface area (Å²) < 4.78 is 2.23. The second-order valence-corrected chi connectivity index (χ2v) is 9.03. The molecule has 7 heteroatoms. The van der Waals surface area contributed by atoms with Gasteiger partial charge in [0, 0.05) is 30.7 Å². The fourth-order valence-corrected chi connectivity index (χ4v) is 4.94. The lowest BCUT2D eigenvalue weighted by Gasteiger charge is -2.29. The molecule has 0 bridgehead atoms. The Labute approximate surface area is 194 Å². The van der Waals surface area contributed by atoms with Crippen molar-refractivity contribution in [2.45, 2.75) is 25.9 Å². The van der Waals surface area contributed by atoms with Gasteiger partial charge in [-0.05, 0) is 76.1 Å². The minimum Gasteiger partial charge on any atom is -0.352 e. The van der Waals surface area contributed by atoms with E-state index in [1.807, 2.05) is 36.5 Å². The molecule has 1 aliphatic rings. The van der Waals surface area contributed by atoms with Crippen molar-refractivity contribution in [1.29, 1.82) is 0 Å². The summed E-state index contributed by atoms with van der Waals surface area (Å²) in [5.74, 6) is 0. The molecule has 0 unspecified atom stereocenters. The van der Waals surface area contributed by atoms with Crippen molar-refractivity contribution in [2.24, 2.45) is 0 Å². The monoisotopic (exact) mass is 453 g/mol. The first-order valence-electron chi connectivity index (χ1n) is 10.4. The molecule has 0 amide bonds. The smallest absolute Gasteiger partial charge is 0.170 e. The molecule has 2 atom stereocenters. The zero-order chi connectivity index (χ0) is 22.1. The number of pyridine rings is 1. The third-order valence-electron chi connectivity index (χ3n) is 5.87. The highest BCUT2D eigenvalue weighted by atomic mass is 35.5. The Hall–Kier alpha value is -2.41. The predicted molar refractivity (Wildman–Crippen MR) is 131 cm³/mol. The Morgan fingerprint density at radius 2 is 1.87 bits per heavy atom. The first-order chi connectivity index (χ1) is 14.9. The molecular weight excluding hydrogens is 426 g/mol. The van der Waals surface area contributed by atoms with Gasteiger partial charge in [-0.3, -0.25) is 4.98 Å². The number of aromatic nitrogens is 2. The molecule has 1 aromatic carbocycles. The second-order valence-electron chi connectivity index (χ2n) is 8.24. The standard InChI is InChI=1S/C24H28ClN5S/c1-16-15-18(17(2)30(16)21-11-6-5-9-19(21)25)23-22(20-10-7-8-12-26-20)27-24(31)29(23)14-13-28(3)4/h5-12,15,22-23H,13-14H2,1-4H3,(H,27,31)/t22-,23+/m0/s1. The summed E-state index contributed by atoms with van der Waals surface area (Å²) in [6.45, 7) is 6.03. The van der Waals surface area contributed by atoms with Gasteiger partial charge < -0.3 is 19.7 Å². The van der Waals surface area contributed by atoms with Gasteiger partial charge in [-0.25, -0.2) is 0 Å². The Kier molecular flexibility index (Phi) is 6.32. The lowest BCUT2D eigenvalue weighted by atomic mass is 9.97. The van der Waals surface area contributed by atoms with Crippen LogP contribution in [-0.4, -0.2) is 51.6 Å². The van der Waals surface area contributed by atoms with Crippen LogP contribution in [0.25, 0.3) is 5.69 Å². The van der Waals surface area contributed by atoms with Crippen molar-refractivity contribution < 1.29 is 0 Å². The maximum Gasteiger partial charge on any atom is 0.170 e. The molecule has 0 spiro atoms. The van der Waals surface area contributed by atoms with E-state index in [0.29, 0.717) is 0 Å². The van der Waals surface area contributed by atoms with E-state index in [4.69, 9.17) is 23.8 Å². The number of likely N-dealkylation sites (N-methyl/N-ethyl adjacent to an activating group) is 1. The number of thiocarbonyl (C=S) groups is 1. The van der Waals surface area contributed by atoms with E-state index in [9.17, 15) is 0 Å². The van der Waals surface area contributed by atoms with Crippen LogP contribution in [0.2, 0.25) is 5.02 Å². The highest BCUT2D eigenvalue weighted by molar-refractivity contribution is 7.80. The van der Waals surface area contributed by atoms with Crippen LogP contribution in [0.15, 0.2) is 54.7 Å². The van der Waals surface area contributed by atoms with Crippen molar-refractivity contribution in [3.63, 3.8) is 0 Å². The van der Waals surface area contributed by atoms with Gasteiger partial charge in [0.05, 0.1) is 28.5 Å². The van der Waals surface area contributed by atoms with Gasteiger partial charge in [-0.1, -0.05) is 29.8 Å². The van der Waals surface area contributed by atoms with Crippen molar-refractivity contribution in [1.82, 2.24) is 24.7 Å². The summed E-state index contributed by atoms with van der Waals surface area (Å²) in [4.78, 5) is 9.13. The van der Waals surface area contributed by atoms with Gasteiger partial charge in [-0.2, -0.15) is 0 Å². The largest absolute Gasteiger partial charge is 0.352 e. The lowest BCUT2D eigenvalue weighted by Crippen LogP contribution is -2.35. The average Bonchev–Trinajstić information content (AvgIpc) is 3.23. The molecule has 2 aromatic heterocycles. The average molecular weight is 454 g/mol. The van der Waals surface area contributed by atoms with Crippen molar-refractivity contribution in [2.75, 3.05) is 27.2 Å². The highest BCUT2D eigenvalue weighted by Crippen LogP contribution is 2.41. The number of rotatable bonds is 6. The van der Waals surface area contributed by atoms with E-state index in [1.165, 1.54) is 5.56 Å². The number of nitrogens with one attached hydrogen (secondary N) is 1. The number of benzene rings is 1. The van der Waals surface area contributed by atoms with Crippen LogP contribution in [0.3, 0.4) is 0 Å². The third-order valence-corrected chi connectivity index (χ3v) is 6.54. The van der Waals surface area contributed by atoms with Crippen molar-refractivity contribution in [3.8, 4) is 5.69 Å². The highest BCUT2D eigenvalue weighted by Gasteiger charge is 2.41. The van der Waals surface area contributed by atoms with Gasteiger partial charge >= 0.3 is 0 Å². The summed E-state index contributed by atoms with van der Waals surface area (Å²) >= 11 is 12.3. The van der Waals surface area contributed by atoms with E-state index in [-0.39, 0.29) is 12.1 Å². The molecule has 4 rings (SSSR count). The second kappa shape index (κ2) is 8.99. The van der Waals surface area contributed by atoms with Crippen LogP contribution in [0.5, 0.6) is 0 Å². The minimum absolute atomic E-state index is 0.0175. The first kappa shape index (κ1) is 21.8. The minimum atomic E-state index is -0.0175. The number of hydrogen-bond acceptors (Lipinski definition) is 3. The summed E-state index contributed by atoms with van der Waals surface area (Å²) in [6, 6.07) is 16.3. The topological polar surface area (TPSA) is 36.3 Å². The van der Waals surface area contributed by atoms with Crippen molar-refractivity contribution in [3.05, 3.63) is 82.4 Å². The van der Waals surface area contributed by atoms with E-state index >= 15 is 0 Å². The van der Waals surface area contributed by atoms with Crippen LogP contribution < -0.4 is 5.32 Å². The number of hydrogen-bond donors (Lipinski definition) is 1. The quantitative estimate of drug-likeness (QED) is 0.548. The summed E-state index contributed by atoms with van der Waals surface area (Å²) in [5, 5.41) is 5.05. The predicted octanol–water partition coefficient (Wildman–Crippen LogP) is 4.68. The number of aryl methyl sites for hydroxylation is 1. The zero-order valence-corrected chi connectivity index (χ0v) is 19.9. The van der Waals surface area contributed by atoms with E-state index < -0.39 is 0 Å². The molecule has 1 aliphatic heterocycles. The molecule has 0 aliphatic carbocycles. The van der Waals surface area contributed by atoms with Gasteiger partial charge in [0.1, 0.15) is 0 Å². The third kappa shape index (κ3) is 4.20. The van der Waals surface area contributed by atoms with Gasteiger partial charge in [-0.15, -0.1) is 0 Å². The normalized spacial score (nSPS) is 18.6. The van der Waals surface area contributed by atoms with Crippen LogP contribution in [0, 0.1) is 13.8 Å². The summed E-state index contributed by atoms with van der Waals surface area (Å²) in [6.07, 6.45) is 1.84. The Morgan fingerprint density at radius 1 is 1.13 bits per heavy atom.